The van der Waals surface area contributed by atoms with Crippen molar-refractivity contribution in [1.82, 2.24) is 9.88 Å². The first kappa shape index (κ1) is 19.7. The fraction of sp³-hybridized carbons (Fsp3) is 0.263. The summed E-state index contributed by atoms with van der Waals surface area (Å²) >= 11 is 7.31. The molecule has 0 unspecified atom stereocenters. The molecule has 0 aliphatic heterocycles. The summed E-state index contributed by atoms with van der Waals surface area (Å²) in [7, 11) is 3.90. The SMILES string of the molecule is CN(C)CCCN(C(=O)c1ccc(F)cc1Cl)c1nc2ccc(F)cc2s1. The fourth-order valence-corrected chi connectivity index (χ4v) is 3.90. The molecule has 3 aromatic rings. The van der Waals surface area contributed by atoms with Gasteiger partial charge in [-0.2, -0.15) is 0 Å². The van der Waals surface area contributed by atoms with Crippen molar-refractivity contribution in [2.75, 3.05) is 32.1 Å². The van der Waals surface area contributed by atoms with Crippen LogP contribution >= 0.6 is 22.9 Å². The van der Waals surface area contributed by atoms with Gasteiger partial charge in [-0.1, -0.05) is 22.9 Å². The molecule has 0 radical (unpaired) electrons. The molecule has 0 atom stereocenters. The summed E-state index contributed by atoms with van der Waals surface area (Å²) in [5.74, 6) is -1.23. The van der Waals surface area contributed by atoms with Crippen LogP contribution in [0.4, 0.5) is 13.9 Å². The van der Waals surface area contributed by atoms with E-state index in [-0.39, 0.29) is 22.3 Å². The Morgan fingerprint density at radius 3 is 2.52 bits per heavy atom. The number of carbonyl (C=O) groups excluding carboxylic acids is 1. The minimum Gasteiger partial charge on any atom is -0.309 e. The Kier molecular flexibility index (Phi) is 6.04. The predicted molar refractivity (Wildman–Crippen MR) is 106 cm³/mol. The molecule has 1 aromatic heterocycles. The lowest BCUT2D eigenvalue weighted by molar-refractivity contribution is 0.0986. The van der Waals surface area contributed by atoms with E-state index in [9.17, 15) is 13.6 Å². The van der Waals surface area contributed by atoms with Crippen molar-refractivity contribution in [3.05, 3.63) is 58.6 Å². The van der Waals surface area contributed by atoms with E-state index in [4.69, 9.17) is 11.6 Å². The number of fused-ring (bicyclic) bond motifs is 1. The standard InChI is InChI=1S/C19H18ClF2N3OS/c1-24(2)8-3-9-25(18(26)14-6-4-12(21)10-15(14)20)19-23-16-7-5-13(22)11-17(16)27-19/h4-7,10-11H,3,8-9H2,1-2H3. The van der Waals surface area contributed by atoms with E-state index in [1.165, 1.54) is 40.5 Å². The van der Waals surface area contributed by atoms with Crippen LogP contribution in [-0.4, -0.2) is 43.0 Å². The summed E-state index contributed by atoms with van der Waals surface area (Å²) in [5, 5.41) is 0.504. The maximum Gasteiger partial charge on any atom is 0.261 e. The van der Waals surface area contributed by atoms with Gasteiger partial charge >= 0.3 is 0 Å². The number of hydrogen-bond donors (Lipinski definition) is 0. The number of hydrogen-bond acceptors (Lipinski definition) is 4. The highest BCUT2D eigenvalue weighted by atomic mass is 35.5. The molecule has 0 aliphatic rings. The van der Waals surface area contributed by atoms with Gasteiger partial charge in [-0.3, -0.25) is 9.69 Å². The Bertz CT molecular complexity index is 977. The van der Waals surface area contributed by atoms with E-state index in [0.717, 1.165) is 12.6 Å². The minimum absolute atomic E-state index is 0.0461. The summed E-state index contributed by atoms with van der Waals surface area (Å²) in [5.41, 5.74) is 0.820. The smallest absolute Gasteiger partial charge is 0.261 e. The van der Waals surface area contributed by atoms with Crippen molar-refractivity contribution in [3.63, 3.8) is 0 Å². The highest BCUT2D eigenvalue weighted by Crippen LogP contribution is 2.31. The Hall–Kier alpha value is -2.09. The molecule has 1 amide bonds. The minimum atomic E-state index is -0.508. The molecule has 8 heteroatoms. The first-order valence-electron chi connectivity index (χ1n) is 8.33. The van der Waals surface area contributed by atoms with Crippen molar-refractivity contribution in [3.8, 4) is 0 Å². The van der Waals surface area contributed by atoms with Gasteiger partial charge in [-0.05, 0) is 63.5 Å². The number of carbonyl (C=O) groups is 1. The third-order valence-electron chi connectivity index (χ3n) is 3.96. The molecule has 1 heterocycles. The van der Waals surface area contributed by atoms with Crippen LogP contribution in [0.15, 0.2) is 36.4 Å². The first-order chi connectivity index (χ1) is 12.8. The third-order valence-corrected chi connectivity index (χ3v) is 5.32. The highest BCUT2D eigenvalue weighted by Gasteiger charge is 2.23. The van der Waals surface area contributed by atoms with Crippen LogP contribution in [0.5, 0.6) is 0 Å². The number of aromatic nitrogens is 1. The van der Waals surface area contributed by atoms with Gasteiger partial charge < -0.3 is 4.90 Å². The monoisotopic (exact) mass is 409 g/mol. The first-order valence-corrected chi connectivity index (χ1v) is 9.52. The molecule has 0 saturated heterocycles. The molecule has 142 valence electrons. The normalized spacial score (nSPS) is 11.3. The largest absolute Gasteiger partial charge is 0.309 e. The van der Waals surface area contributed by atoms with Gasteiger partial charge in [0.1, 0.15) is 11.6 Å². The third kappa shape index (κ3) is 4.61. The van der Waals surface area contributed by atoms with Crippen molar-refractivity contribution in [2.45, 2.75) is 6.42 Å². The van der Waals surface area contributed by atoms with Crippen LogP contribution in [0.3, 0.4) is 0 Å². The maximum atomic E-state index is 13.5. The summed E-state index contributed by atoms with van der Waals surface area (Å²) in [4.78, 5) is 21.1. The molecule has 2 aromatic carbocycles. The molecule has 0 spiro atoms. The maximum absolute atomic E-state index is 13.5. The van der Waals surface area contributed by atoms with E-state index in [1.807, 2.05) is 19.0 Å². The average molecular weight is 410 g/mol. The summed E-state index contributed by atoms with van der Waals surface area (Å²) in [6, 6.07) is 7.99. The molecule has 0 saturated carbocycles. The number of rotatable bonds is 6. The zero-order valence-electron chi connectivity index (χ0n) is 14.9. The second-order valence-corrected chi connectivity index (χ2v) is 7.76. The lowest BCUT2D eigenvalue weighted by Gasteiger charge is -2.21. The number of halogens is 3. The van der Waals surface area contributed by atoms with Crippen molar-refractivity contribution in [1.29, 1.82) is 0 Å². The zero-order valence-corrected chi connectivity index (χ0v) is 16.4. The van der Waals surface area contributed by atoms with Crippen LogP contribution in [-0.2, 0) is 0 Å². The van der Waals surface area contributed by atoms with Crippen LogP contribution in [0.25, 0.3) is 10.2 Å². The zero-order chi connectivity index (χ0) is 19.6. The fourth-order valence-electron chi connectivity index (χ4n) is 2.64. The van der Waals surface area contributed by atoms with Gasteiger partial charge in [0.05, 0.1) is 20.8 Å². The van der Waals surface area contributed by atoms with Crippen LogP contribution in [0.2, 0.25) is 5.02 Å². The van der Waals surface area contributed by atoms with Gasteiger partial charge in [0.15, 0.2) is 5.13 Å². The van der Waals surface area contributed by atoms with E-state index in [1.54, 1.807) is 6.07 Å². The summed E-state index contributed by atoms with van der Waals surface area (Å²) in [6.45, 7) is 1.19. The number of anilines is 1. The average Bonchev–Trinajstić information content (AvgIpc) is 3.00. The van der Waals surface area contributed by atoms with Crippen molar-refractivity contribution in [2.24, 2.45) is 0 Å². The van der Waals surface area contributed by atoms with Crippen molar-refractivity contribution >= 4 is 44.2 Å². The molecule has 0 N–H and O–H groups in total. The van der Waals surface area contributed by atoms with Crippen LogP contribution in [0.1, 0.15) is 16.8 Å². The van der Waals surface area contributed by atoms with E-state index >= 15 is 0 Å². The molecule has 4 nitrogen and oxygen atoms in total. The highest BCUT2D eigenvalue weighted by molar-refractivity contribution is 7.22. The number of amides is 1. The number of thiazole rings is 1. The lowest BCUT2D eigenvalue weighted by atomic mass is 10.2. The van der Waals surface area contributed by atoms with Gasteiger partial charge in [-0.15, -0.1) is 0 Å². The van der Waals surface area contributed by atoms with E-state index < -0.39 is 5.82 Å². The Morgan fingerprint density at radius 2 is 1.81 bits per heavy atom. The van der Waals surface area contributed by atoms with Gasteiger partial charge in [0.25, 0.3) is 5.91 Å². The summed E-state index contributed by atoms with van der Waals surface area (Å²) < 4.78 is 27.5. The second kappa shape index (κ2) is 8.29. The van der Waals surface area contributed by atoms with Gasteiger partial charge in [0, 0.05) is 6.54 Å². The summed E-state index contributed by atoms with van der Waals surface area (Å²) in [6.07, 6.45) is 0.710. The molecule has 27 heavy (non-hydrogen) atoms. The Labute approximate surface area is 165 Å². The number of nitrogens with zero attached hydrogens (tertiary/aromatic N) is 3. The van der Waals surface area contributed by atoms with E-state index in [0.29, 0.717) is 28.3 Å². The second-order valence-electron chi connectivity index (χ2n) is 6.35. The molecular formula is C19H18ClF2N3OS. The lowest BCUT2D eigenvalue weighted by Crippen LogP contribution is -2.33. The molecule has 0 aliphatic carbocycles. The van der Waals surface area contributed by atoms with Crippen LogP contribution < -0.4 is 4.90 Å². The molecule has 3 rings (SSSR count). The molecule has 0 fully saturated rings. The van der Waals surface area contributed by atoms with Gasteiger partial charge in [-0.25, -0.2) is 13.8 Å². The van der Waals surface area contributed by atoms with Gasteiger partial charge in [0.2, 0.25) is 0 Å². The quantitative estimate of drug-likeness (QED) is 0.585. The molecule has 0 bridgehead atoms. The topological polar surface area (TPSA) is 36.4 Å². The Balaban J connectivity index is 1.97. The van der Waals surface area contributed by atoms with Crippen LogP contribution in [0, 0.1) is 11.6 Å². The number of benzene rings is 2. The molecular weight excluding hydrogens is 392 g/mol. The predicted octanol–water partition coefficient (Wildman–Crippen LogP) is 4.83. The van der Waals surface area contributed by atoms with E-state index in [2.05, 4.69) is 4.98 Å². The van der Waals surface area contributed by atoms with Crippen molar-refractivity contribution < 1.29 is 13.6 Å². The Morgan fingerprint density at radius 1 is 1.11 bits per heavy atom.